The normalized spacial score (nSPS) is 11.1. The van der Waals surface area contributed by atoms with Gasteiger partial charge >= 0.3 is 0 Å². The smallest absolute Gasteiger partial charge is 0.0543 e. The topological polar surface area (TPSA) is 40.2 Å². The summed E-state index contributed by atoms with van der Waals surface area (Å²) in [4.78, 5) is 7.06. The van der Waals surface area contributed by atoms with Crippen molar-refractivity contribution in [3.63, 3.8) is 0 Å². The predicted octanol–water partition coefficient (Wildman–Crippen LogP) is 6.35. The minimum Gasteiger partial charge on any atom is -0.385 e. The standard InChI is InChI=1S/C29H40N4/c1-21-16-23(3)28(24(4)17-21)31-12-9-14-33(20-27-10-7-8-11-30-27)15-13-32-29-25(5)18-22(2)19-26(29)6/h7-8,10-11,16-19,31-32H,9,12-15,20H2,1-6H3. The lowest BCUT2D eigenvalue weighted by molar-refractivity contribution is 0.271. The molecule has 0 bridgehead atoms. The number of hydrogen-bond donors (Lipinski definition) is 2. The van der Waals surface area contributed by atoms with Crippen LogP contribution in [-0.4, -0.2) is 36.1 Å². The van der Waals surface area contributed by atoms with Crippen molar-refractivity contribution in [1.82, 2.24) is 9.88 Å². The maximum atomic E-state index is 4.55. The summed E-state index contributed by atoms with van der Waals surface area (Å²) in [6.07, 6.45) is 2.97. The Balaban J connectivity index is 1.57. The summed E-state index contributed by atoms with van der Waals surface area (Å²) < 4.78 is 0. The highest BCUT2D eigenvalue weighted by atomic mass is 15.1. The van der Waals surface area contributed by atoms with Crippen molar-refractivity contribution in [3.05, 3.63) is 87.7 Å². The molecule has 4 heteroatoms. The van der Waals surface area contributed by atoms with E-state index in [0.29, 0.717) is 0 Å². The molecule has 0 aliphatic heterocycles. The molecule has 0 radical (unpaired) electrons. The summed E-state index contributed by atoms with van der Waals surface area (Å²) in [5, 5.41) is 7.36. The van der Waals surface area contributed by atoms with Crippen molar-refractivity contribution in [3.8, 4) is 0 Å². The molecule has 176 valence electrons. The van der Waals surface area contributed by atoms with E-state index in [9.17, 15) is 0 Å². The molecule has 3 aromatic rings. The Labute approximate surface area is 200 Å². The molecule has 0 spiro atoms. The van der Waals surface area contributed by atoms with Crippen LogP contribution in [0.4, 0.5) is 11.4 Å². The third-order valence-electron chi connectivity index (χ3n) is 6.15. The number of aromatic nitrogens is 1. The molecule has 0 saturated heterocycles. The van der Waals surface area contributed by atoms with E-state index >= 15 is 0 Å². The number of benzene rings is 2. The molecule has 0 aliphatic carbocycles. The number of rotatable bonds is 11. The van der Waals surface area contributed by atoms with Gasteiger partial charge in [-0.25, -0.2) is 0 Å². The average Bonchev–Trinajstić information content (AvgIpc) is 2.74. The first-order valence-corrected chi connectivity index (χ1v) is 12.1. The zero-order chi connectivity index (χ0) is 23.8. The predicted molar refractivity (Wildman–Crippen MR) is 142 cm³/mol. The molecular formula is C29H40N4. The zero-order valence-corrected chi connectivity index (χ0v) is 21.3. The Hall–Kier alpha value is -2.85. The van der Waals surface area contributed by atoms with Crippen LogP contribution in [0.1, 0.15) is 45.5 Å². The van der Waals surface area contributed by atoms with Gasteiger partial charge in [0, 0.05) is 50.3 Å². The Morgan fingerprint density at radius 3 is 1.76 bits per heavy atom. The molecule has 0 atom stereocenters. The minimum absolute atomic E-state index is 0.872. The highest BCUT2D eigenvalue weighted by molar-refractivity contribution is 5.59. The fourth-order valence-electron chi connectivity index (χ4n) is 4.76. The molecular weight excluding hydrogens is 404 g/mol. The van der Waals surface area contributed by atoms with Gasteiger partial charge in [0.05, 0.1) is 5.69 Å². The van der Waals surface area contributed by atoms with Crippen molar-refractivity contribution in [2.45, 2.75) is 54.5 Å². The molecule has 0 aliphatic rings. The molecule has 3 rings (SSSR count). The average molecular weight is 445 g/mol. The number of nitrogens with one attached hydrogen (secondary N) is 2. The number of aryl methyl sites for hydroxylation is 6. The van der Waals surface area contributed by atoms with E-state index in [1.54, 1.807) is 0 Å². The quantitative estimate of drug-likeness (QED) is 0.338. The van der Waals surface area contributed by atoms with Crippen molar-refractivity contribution >= 4 is 11.4 Å². The molecule has 2 aromatic carbocycles. The van der Waals surface area contributed by atoms with Gasteiger partial charge in [0.15, 0.2) is 0 Å². The molecule has 33 heavy (non-hydrogen) atoms. The molecule has 1 heterocycles. The maximum absolute atomic E-state index is 4.55. The molecule has 0 unspecified atom stereocenters. The van der Waals surface area contributed by atoms with Crippen LogP contribution in [0, 0.1) is 41.5 Å². The lowest BCUT2D eigenvalue weighted by Gasteiger charge is -2.24. The molecule has 0 amide bonds. The maximum Gasteiger partial charge on any atom is 0.0543 e. The monoisotopic (exact) mass is 444 g/mol. The second-order valence-corrected chi connectivity index (χ2v) is 9.35. The Kier molecular flexibility index (Phi) is 8.90. The van der Waals surface area contributed by atoms with Crippen molar-refractivity contribution < 1.29 is 0 Å². The fraction of sp³-hybridized carbons (Fsp3) is 0.414. The van der Waals surface area contributed by atoms with Crippen LogP contribution in [-0.2, 0) is 6.54 Å². The number of anilines is 2. The van der Waals surface area contributed by atoms with Crippen LogP contribution in [0.5, 0.6) is 0 Å². The first kappa shape index (κ1) is 24.8. The number of hydrogen-bond acceptors (Lipinski definition) is 4. The second-order valence-electron chi connectivity index (χ2n) is 9.35. The largest absolute Gasteiger partial charge is 0.385 e. The van der Waals surface area contributed by atoms with Gasteiger partial charge in [-0.1, -0.05) is 41.5 Å². The molecule has 4 nitrogen and oxygen atoms in total. The summed E-state index contributed by atoms with van der Waals surface area (Å²) in [6.45, 7) is 17.8. The molecule has 1 aromatic heterocycles. The summed E-state index contributed by atoms with van der Waals surface area (Å²) >= 11 is 0. The van der Waals surface area contributed by atoms with Crippen LogP contribution < -0.4 is 10.6 Å². The van der Waals surface area contributed by atoms with Crippen molar-refractivity contribution in [1.29, 1.82) is 0 Å². The van der Waals surface area contributed by atoms with Gasteiger partial charge in [-0.15, -0.1) is 0 Å². The Morgan fingerprint density at radius 1 is 0.697 bits per heavy atom. The molecule has 2 N–H and O–H groups in total. The number of nitrogens with zero attached hydrogens (tertiary/aromatic N) is 2. The molecule has 0 fully saturated rings. The van der Waals surface area contributed by atoms with E-state index in [1.807, 2.05) is 12.3 Å². The summed E-state index contributed by atoms with van der Waals surface area (Å²) in [5.41, 5.74) is 11.6. The van der Waals surface area contributed by atoms with Crippen LogP contribution in [0.25, 0.3) is 0 Å². The van der Waals surface area contributed by atoms with E-state index in [1.165, 1.54) is 44.8 Å². The van der Waals surface area contributed by atoms with Gasteiger partial charge in [0.1, 0.15) is 0 Å². The lowest BCUT2D eigenvalue weighted by atomic mass is 10.1. The van der Waals surface area contributed by atoms with E-state index in [4.69, 9.17) is 0 Å². The van der Waals surface area contributed by atoms with Crippen LogP contribution >= 0.6 is 0 Å². The van der Waals surface area contributed by atoms with Gasteiger partial charge in [0.25, 0.3) is 0 Å². The van der Waals surface area contributed by atoms with Gasteiger partial charge in [-0.05, 0) is 82.3 Å². The third-order valence-corrected chi connectivity index (χ3v) is 6.15. The SMILES string of the molecule is Cc1cc(C)c(NCCCN(CCNc2c(C)cc(C)cc2C)Cc2ccccn2)c(C)c1. The summed E-state index contributed by atoms with van der Waals surface area (Å²) in [7, 11) is 0. The van der Waals surface area contributed by atoms with Crippen LogP contribution in [0.3, 0.4) is 0 Å². The van der Waals surface area contributed by atoms with Crippen molar-refractivity contribution in [2.75, 3.05) is 36.8 Å². The fourth-order valence-corrected chi connectivity index (χ4v) is 4.76. The van der Waals surface area contributed by atoms with Crippen LogP contribution in [0.15, 0.2) is 48.7 Å². The van der Waals surface area contributed by atoms with Crippen molar-refractivity contribution in [2.24, 2.45) is 0 Å². The van der Waals surface area contributed by atoms with Gasteiger partial charge in [-0.3, -0.25) is 9.88 Å². The van der Waals surface area contributed by atoms with Gasteiger partial charge in [0.2, 0.25) is 0 Å². The molecule has 0 saturated carbocycles. The Bertz CT molecular complexity index is 997. The van der Waals surface area contributed by atoms with E-state index in [0.717, 1.165) is 44.8 Å². The first-order valence-electron chi connectivity index (χ1n) is 12.1. The third kappa shape index (κ3) is 7.33. The van der Waals surface area contributed by atoms with E-state index in [-0.39, 0.29) is 0 Å². The summed E-state index contributed by atoms with van der Waals surface area (Å²) in [6, 6.07) is 15.2. The first-order chi connectivity index (χ1) is 15.8. The lowest BCUT2D eigenvalue weighted by Crippen LogP contribution is -2.31. The van der Waals surface area contributed by atoms with Gasteiger partial charge < -0.3 is 10.6 Å². The van der Waals surface area contributed by atoms with E-state index < -0.39 is 0 Å². The zero-order valence-electron chi connectivity index (χ0n) is 21.3. The highest BCUT2D eigenvalue weighted by Gasteiger charge is 2.09. The van der Waals surface area contributed by atoms with Crippen LogP contribution in [0.2, 0.25) is 0 Å². The Morgan fingerprint density at radius 2 is 1.24 bits per heavy atom. The highest BCUT2D eigenvalue weighted by Crippen LogP contribution is 2.23. The summed E-state index contributed by atoms with van der Waals surface area (Å²) in [5.74, 6) is 0. The minimum atomic E-state index is 0.872. The van der Waals surface area contributed by atoms with E-state index in [2.05, 4.69) is 98.5 Å². The number of pyridine rings is 1. The second kappa shape index (κ2) is 11.9. The van der Waals surface area contributed by atoms with Gasteiger partial charge in [-0.2, -0.15) is 0 Å².